The Balaban J connectivity index is 2.05. The van der Waals surface area contributed by atoms with Crippen LogP contribution in [-0.2, 0) is 6.54 Å². The molecule has 18 heavy (non-hydrogen) atoms. The summed E-state index contributed by atoms with van der Waals surface area (Å²) in [5.74, 6) is 0.687. The van der Waals surface area contributed by atoms with E-state index in [0.29, 0.717) is 12.1 Å². The topological polar surface area (TPSA) is 58.1 Å². The number of hydrogen-bond acceptors (Lipinski definition) is 5. The van der Waals surface area contributed by atoms with Gasteiger partial charge in [-0.1, -0.05) is 0 Å². The van der Waals surface area contributed by atoms with Crippen molar-refractivity contribution in [2.45, 2.75) is 6.54 Å². The number of amides is 1. The van der Waals surface area contributed by atoms with Crippen molar-refractivity contribution in [2.75, 3.05) is 19.4 Å². The monoisotopic (exact) mass is 262 g/mol. The van der Waals surface area contributed by atoms with Gasteiger partial charge in [-0.2, -0.15) is 0 Å². The highest BCUT2D eigenvalue weighted by Crippen LogP contribution is 2.10. The van der Waals surface area contributed by atoms with Crippen molar-refractivity contribution in [3.8, 4) is 0 Å². The lowest BCUT2D eigenvalue weighted by atomic mass is 10.2. The highest BCUT2D eigenvalue weighted by molar-refractivity contribution is 7.07. The predicted octanol–water partition coefficient (Wildman–Crippen LogP) is 1.85. The van der Waals surface area contributed by atoms with Crippen LogP contribution in [0.2, 0.25) is 0 Å². The zero-order chi connectivity index (χ0) is 13.0. The quantitative estimate of drug-likeness (QED) is 0.913. The average molecular weight is 262 g/mol. The van der Waals surface area contributed by atoms with Crippen molar-refractivity contribution >= 4 is 23.1 Å². The molecule has 0 saturated carbocycles. The number of nitrogens with one attached hydrogen (secondary N) is 1. The second-order valence-corrected chi connectivity index (χ2v) is 4.54. The number of aromatic nitrogens is 2. The molecule has 2 aromatic heterocycles. The van der Waals surface area contributed by atoms with Gasteiger partial charge >= 0.3 is 0 Å². The summed E-state index contributed by atoms with van der Waals surface area (Å²) in [6.45, 7) is 0.510. The second-order valence-electron chi connectivity index (χ2n) is 3.82. The summed E-state index contributed by atoms with van der Waals surface area (Å²) < 4.78 is 0. The molecule has 0 bridgehead atoms. The summed E-state index contributed by atoms with van der Waals surface area (Å²) in [6, 6.07) is 3.54. The van der Waals surface area contributed by atoms with Gasteiger partial charge in [-0.25, -0.2) is 9.97 Å². The van der Waals surface area contributed by atoms with E-state index in [2.05, 4.69) is 15.3 Å². The van der Waals surface area contributed by atoms with E-state index in [1.165, 1.54) is 11.3 Å². The third-order valence-corrected chi connectivity index (χ3v) is 3.13. The molecule has 2 rings (SSSR count). The lowest BCUT2D eigenvalue weighted by Gasteiger charge is -2.15. The van der Waals surface area contributed by atoms with Crippen molar-refractivity contribution < 1.29 is 4.79 Å². The average Bonchev–Trinajstić information content (AvgIpc) is 2.91. The number of rotatable bonds is 4. The number of carbonyl (C=O) groups is 1. The Morgan fingerprint density at radius 1 is 1.44 bits per heavy atom. The third kappa shape index (κ3) is 2.84. The lowest BCUT2D eigenvalue weighted by molar-refractivity contribution is 0.0783. The molecule has 2 aromatic rings. The van der Waals surface area contributed by atoms with Crippen LogP contribution in [0.5, 0.6) is 0 Å². The van der Waals surface area contributed by atoms with Gasteiger partial charge in [-0.15, -0.1) is 11.3 Å². The van der Waals surface area contributed by atoms with Gasteiger partial charge in [0.1, 0.15) is 5.82 Å². The largest absolute Gasteiger partial charge is 0.373 e. The van der Waals surface area contributed by atoms with Crippen LogP contribution in [0.25, 0.3) is 0 Å². The Hall–Kier alpha value is -1.95. The fraction of sp³-hybridized carbons (Fsp3) is 0.250. The lowest BCUT2D eigenvalue weighted by Crippen LogP contribution is -2.26. The normalized spacial score (nSPS) is 10.1. The van der Waals surface area contributed by atoms with Crippen LogP contribution in [0, 0.1) is 0 Å². The summed E-state index contributed by atoms with van der Waals surface area (Å²) in [7, 11) is 3.55. The first-order chi connectivity index (χ1) is 8.70. The van der Waals surface area contributed by atoms with Crippen LogP contribution in [0.3, 0.4) is 0 Å². The summed E-state index contributed by atoms with van der Waals surface area (Å²) >= 11 is 1.52. The van der Waals surface area contributed by atoms with Gasteiger partial charge in [-0.3, -0.25) is 4.79 Å². The molecule has 1 amide bonds. The first-order valence-corrected chi connectivity index (χ1v) is 6.41. The fourth-order valence-electron chi connectivity index (χ4n) is 1.52. The minimum Gasteiger partial charge on any atom is -0.373 e. The molecule has 5 nitrogen and oxygen atoms in total. The Bertz CT molecular complexity index is 509. The van der Waals surface area contributed by atoms with Crippen molar-refractivity contribution in [3.63, 3.8) is 0 Å². The molecule has 0 aliphatic carbocycles. The maximum Gasteiger partial charge on any atom is 0.255 e. The summed E-state index contributed by atoms with van der Waals surface area (Å²) in [6.07, 6.45) is 1.58. The van der Waals surface area contributed by atoms with Gasteiger partial charge < -0.3 is 10.2 Å². The Labute approximate surface area is 109 Å². The standard InChI is InChI=1S/C12H14N4OS/c1-13-11-4-3-9(5-14-11)12(17)16(2)6-10-7-18-8-15-10/h3-5,7-8H,6H2,1-2H3,(H,13,14). The Morgan fingerprint density at radius 2 is 2.28 bits per heavy atom. The minimum absolute atomic E-state index is 0.0573. The van der Waals surface area contributed by atoms with Crippen molar-refractivity contribution in [1.82, 2.24) is 14.9 Å². The zero-order valence-electron chi connectivity index (χ0n) is 10.3. The van der Waals surface area contributed by atoms with E-state index < -0.39 is 0 Å². The number of nitrogens with zero attached hydrogens (tertiary/aromatic N) is 3. The summed E-state index contributed by atoms with van der Waals surface area (Å²) in [4.78, 5) is 22.0. The number of anilines is 1. The smallest absolute Gasteiger partial charge is 0.255 e. The maximum atomic E-state index is 12.1. The number of thiazole rings is 1. The first-order valence-electron chi connectivity index (χ1n) is 5.47. The Kier molecular flexibility index (Phi) is 3.88. The van der Waals surface area contributed by atoms with Crippen molar-refractivity contribution in [3.05, 3.63) is 40.5 Å². The molecule has 6 heteroatoms. The third-order valence-electron chi connectivity index (χ3n) is 2.50. The molecule has 0 spiro atoms. The SMILES string of the molecule is CNc1ccc(C(=O)N(C)Cc2cscn2)cn1. The van der Waals surface area contributed by atoms with Crippen LogP contribution in [0.1, 0.15) is 16.1 Å². The predicted molar refractivity (Wildman–Crippen MR) is 71.7 cm³/mol. The van der Waals surface area contributed by atoms with Gasteiger partial charge in [0, 0.05) is 25.7 Å². The van der Waals surface area contributed by atoms with Gasteiger partial charge in [0.2, 0.25) is 0 Å². The second kappa shape index (κ2) is 5.59. The van der Waals surface area contributed by atoms with E-state index in [9.17, 15) is 4.79 Å². The molecule has 0 unspecified atom stereocenters. The maximum absolute atomic E-state index is 12.1. The molecule has 0 aromatic carbocycles. The molecule has 0 aliphatic rings. The molecular formula is C12H14N4OS. The van der Waals surface area contributed by atoms with E-state index in [-0.39, 0.29) is 5.91 Å². The Morgan fingerprint density at radius 3 is 2.83 bits per heavy atom. The number of pyridine rings is 1. The minimum atomic E-state index is -0.0573. The van der Waals surface area contributed by atoms with Crippen molar-refractivity contribution in [1.29, 1.82) is 0 Å². The molecule has 1 N–H and O–H groups in total. The van der Waals surface area contributed by atoms with E-state index >= 15 is 0 Å². The van der Waals surface area contributed by atoms with E-state index in [0.717, 1.165) is 11.5 Å². The molecule has 0 radical (unpaired) electrons. The van der Waals surface area contributed by atoms with Crippen LogP contribution < -0.4 is 5.32 Å². The molecule has 2 heterocycles. The molecule has 0 atom stereocenters. The summed E-state index contributed by atoms with van der Waals surface area (Å²) in [5, 5.41) is 4.85. The van der Waals surface area contributed by atoms with E-state index in [1.54, 1.807) is 42.8 Å². The fourth-order valence-corrected chi connectivity index (χ4v) is 2.07. The molecule has 0 saturated heterocycles. The van der Waals surface area contributed by atoms with Gasteiger partial charge in [0.25, 0.3) is 5.91 Å². The van der Waals surface area contributed by atoms with Gasteiger partial charge in [0.15, 0.2) is 0 Å². The van der Waals surface area contributed by atoms with E-state index in [1.807, 2.05) is 5.38 Å². The highest BCUT2D eigenvalue weighted by atomic mass is 32.1. The van der Waals surface area contributed by atoms with Crippen LogP contribution in [-0.4, -0.2) is 34.9 Å². The summed E-state index contributed by atoms with van der Waals surface area (Å²) in [5.41, 5.74) is 3.24. The molecule has 0 aliphatic heterocycles. The zero-order valence-corrected chi connectivity index (χ0v) is 11.1. The van der Waals surface area contributed by atoms with E-state index in [4.69, 9.17) is 0 Å². The highest BCUT2D eigenvalue weighted by Gasteiger charge is 2.13. The molecule has 94 valence electrons. The van der Waals surface area contributed by atoms with Gasteiger partial charge in [0.05, 0.1) is 23.3 Å². The molecular weight excluding hydrogens is 248 g/mol. The first kappa shape index (κ1) is 12.5. The number of hydrogen-bond donors (Lipinski definition) is 1. The number of carbonyl (C=O) groups excluding carboxylic acids is 1. The van der Waals surface area contributed by atoms with Crippen LogP contribution in [0.15, 0.2) is 29.2 Å². The van der Waals surface area contributed by atoms with Gasteiger partial charge in [-0.05, 0) is 12.1 Å². The van der Waals surface area contributed by atoms with Crippen LogP contribution in [0.4, 0.5) is 5.82 Å². The van der Waals surface area contributed by atoms with Crippen molar-refractivity contribution in [2.24, 2.45) is 0 Å². The van der Waals surface area contributed by atoms with Crippen LogP contribution >= 0.6 is 11.3 Å². The molecule has 0 fully saturated rings.